The van der Waals surface area contributed by atoms with Crippen LogP contribution in [0.4, 0.5) is 4.39 Å². The highest BCUT2D eigenvalue weighted by molar-refractivity contribution is 9.10. The topological polar surface area (TPSA) is 91.1 Å². The predicted molar refractivity (Wildman–Crippen MR) is 85.0 cm³/mol. The second-order valence-corrected chi connectivity index (χ2v) is 6.18. The molecule has 3 rings (SSSR count). The van der Waals surface area contributed by atoms with Gasteiger partial charge in [0.15, 0.2) is 5.75 Å². The van der Waals surface area contributed by atoms with E-state index in [4.69, 9.17) is 21.9 Å². The van der Waals surface area contributed by atoms with Gasteiger partial charge < -0.3 is 9.84 Å². The van der Waals surface area contributed by atoms with E-state index < -0.39 is 11.5 Å². The third-order valence-corrected chi connectivity index (χ3v) is 4.32. The first kappa shape index (κ1) is 16.0. The molecule has 1 atom stereocenters. The summed E-state index contributed by atoms with van der Waals surface area (Å²) in [7, 11) is 0. The van der Waals surface area contributed by atoms with Gasteiger partial charge in [0.25, 0.3) is 5.95 Å². The Morgan fingerprint density at radius 2 is 2.22 bits per heavy atom. The summed E-state index contributed by atoms with van der Waals surface area (Å²) in [5.41, 5.74) is 8.44. The molecule has 0 saturated carbocycles. The van der Waals surface area contributed by atoms with Gasteiger partial charge >= 0.3 is 0 Å². The van der Waals surface area contributed by atoms with Crippen LogP contribution >= 0.6 is 27.5 Å². The minimum atomic E-state index is -1.34. The van der Waals surface area contributed by atoms with Gasteiger partial charge in [-0.1, -0.05) is 32.6 Å². The Kier molecular flexibility index (Phi) is 4.16. The van der Waals surface area contributed by atoms with Gasteiger partial charge in [-0.2, -0.15) is 4.39 Å². The van der Waals surface area contributed by atoms with Gasteiger partial charge in [0.2, 0.25) is 0 Å². The number of hydrogen-bond acceptors (Lipinski definition) is 4. The molecule has 2 aromatic rings. The van der Waals surface area contributed by atoms with Crippen molar-refractivity contribution < 1.29 is 14.2 Å². The number of aliphatic hydroxyl groups excluding tert-OH is 1. The van der Waals surface area contributed by atoms with Gasteiger partial charge in [0.05, 0.1) is 0 Å². The summed E-state index contributed by atoms with van der Waals surface area (Å²) in [5, 5.41) is 13.3. The molecule has 1 aliphatic heterocycles. The maximum Gasteiger partial charge on any atom is 0.257 e. The van der Waals surface area contributed by atoms with Crippen molar-refractivity contribution in [1.82, 2.24) is 4.98 Å². The van der Waals surface area contributed by atoms with E-state index in [-0.39, 0.29) is 29.5 Å². The molecule has 1 aromatic carbocycles. The van der Waals surface area contributed by atoms with Gasteiger partial charge in [0, 0.05) is 27.1 Å². The summed E-state index contributed by atoms with van der Waals surface area (Å²) >= 11 is 9.20. The fraction of sp³-hybridized carbons (Fsp3) is 0.214. The molecule has 0 spiro atoms. The van der Waals surface area contributed by atoms with Crippen molar-refractivity contribution in [3.8, 4) is 11.5 Å². The first-order valence-electron chi connectivity index (χ1n) is 6.53. The maximum atomic E-state index is 14.2. The number of pyridine rings is 1. The Morgan fingerprint density at radius 1 is 1.43 bits per heavy atom. The van der Waals surface area contributed by atoms with Crippen molar-refractivity contribution >= 4 is 27.5 Å². The molecular weight excluding hydrogens is 391 g/mol. The first-order valence-corrected chi connectivity index (χ1v) is 7.70. The summed E-state index contributed by atoms with van der Waals surface area (Å²) in [4.78, 5) is 6.42. The molecule has 6 nitrogen and oxygen atoms in total. The SMILES string of the molecule is [N-]=[N+]=NC1(CCO)c2cc(Br)ccc2Oc2c1cc(Cl)nc2F. The van der Waals surface area contributed by atoms with Crippen molar-refractivity contribution in [2.45, 2.75) is 12.0 Å². The van der Waals surface area contributed by atoms with Crippen LogP contribution in [0, 0.1) is 5.95 Å². The summed E-state index contributed by atoms with van der Waals surface area (Å²) in [6.45, 7) is -0.286. The van der Waals surface area contributed by atoms with Gasteiger partial charge in [-0.3, -0.25) is 0 Å². The molecule has 0 aliphatic carbocycles. The lowest BCUT2D eigenvalue weighted by atomic mass is 9.79. The van der Waals surface area contributed by atoms with Crippen molar-refractivity contribution in [3.05, 3.63) is 61.4 Å². The van der Waals surface area contributed by atoms with Gasteiger partial charge in [-0.15, -0.1) is 0 Å². The number of aromatic nitrogens is 1. The van der Waals surface area contributed by atoms with Gasteiger partial charge in [0.1, 0.15) is 16.4 Å². The quantitative estimate of drug-likeness (QED) is 0.351. The average molecular weight is 400 g/mol. The van der Waals surface area contributed by atoms with E-state index in [9.17, 15) is 9.50 Å². The molecule has 0 saturated heterocycles. The molecule has 0 amide bonds. The molecule has 9 heteroatoms. The Hall–Kier alpha value is -1.86. The molecule has 1 unspecified atom stereocenters. The number of nitrogens with zero attached hydrogens (tertiary/aromatic N) is 4. The zero-order valence-corrected chi connectivity index (χ0v) is 13.8. The summed E-state index contributed by atoms with van der Waals surface area (Å²) < 4.78 is 20.5. The van der Waals surface area contributed by atoms with Crippen LogP contribution in [0.2, 0.25) is 5.15 Å². The number of halogens is 3. The third-order valence-electron chi connectivity index (χ3n) is 3.63. The summed E-state index contributed by atoms with van der Waals surface area (Å²) in [6.07, 6.45) is 0.0383. The number of benzene rings is 1. The Balaban J connectivity index is 2.41. The fourth-order valence-corrected chi connectivity index (χ4v) is 3.26. The van der Waals surface area contributed by atoms with Crippen LogP contribution in [0.15, 0.2) is 33.9 Å². The van der Waals surface area contributed by atoms with E-state index >= 15 is 0 Å². The maximum absolute atomic E-state index is 14.2. The standard InChI is InChI=1S/C14H9BrClFN4O2/c15-7-1-2-10-8(5-7)14(3-4-22,20-21-18)9-6-11(16)19-13(17)12(9)23-10/h1-2,5-6,22H,3-4H2. The second-order valence-electron chi connectivity index (χ2n) is 4.88. The number of aliphatic hydroxyl groups is 1. The van der Waals surface area contributed by atoms with E-state index in [1.165, 1.54) is 6.07 Å². The number of hydrogen-bond donors (Lipinski definition) is 1. The van der Waals surface area contributed by atoms with E-state index in [1.807, 2.05) is 0 Å². The Bertz CT molecular complexity index is 844. The molecule has 1 aliphatic rings. The fourth-order valence-electron chi connectivity index (χ4n) is 2.71. The van der Waals surface area contributed by atoms with Gasteiger partial charge in [-0.25, -0.2) is 4.98 Å². The minimum absolute atomic E-state index is 0.0383. The Morgan fingerprint density at radius 3 is 2.91 bits per heavy atom. The van der Waals surface area contributed by atoms with E-state index in [2.05, 4.69) is 30.9 Å². The molecule has 0 bridgehead atoms. The van der Waals surface area contributed by atoms with Crippen molar-refractivity contribution in [3.63, 3.8) is 0 Å². The van der Waals surface area contributed by atoms with Crippen LogP contribution in [-0.2, 0) is 5.54 Å². The molecule has 0 radical (unpaired) electrons. The molecular formula is C14H9BrClFN4O2. The van der Waals surface area contributed by atoms with Crippen molar-refractivity contribution in [1.29, 1.82) is 0 Å². The van der Waals surface area contributed by atoms with Crippen LogP contribution < -0.4 is 4.74 Å². The Labute approximate surface area is 143 Å². The molecule has 1 N–H and O–H groups in total. The summed E-state index contributed by atoms with van der Waals surface area (Å²) in [6, 6.07) is 6.42. The van der Waals surface area contributed by atoms with Crippen LogP contribution in [-0.4, -0.2) is 16.7 Å². The normalized spacial score (nSPS) is 18.4. The highest BCUT2D eigenvalue weighted by Gasteiger charge is 2.43. The van der Waals surface area contributed by atoms with Crippen LogP contribution in [0.3, 0.4) is 0 Å². The zero-order chi connectivity index (χ0) is 16.6. The van der Waals surface area contributed by atoms with E-state index in [1.54, 1.807) is 18.2 Å². The molecule has 23 heavy (non-hydrogen) atoms. The van der Waals surface area contributed by atoms with Crippen molar-refractivity contribution in [2.75, 3.05) is 6.61 Å². The van der Waals surface area contributed by atoms with Crippen molar-refractivity contribution in [2.24, 2.45) is 5.11 Å². The summed E-state index contributed by atoms with van der Waals surface area (Å²) in [5.74, 6) is -0.744. The minimum Gasteiger partial charge on any atom is -0.452 e. The predicted octanol–water partition coefficient (Wildman–Crippen LogP) is 4.68. The highest BCUT2D eigenvalue weighted by Crippen LogP contribution is 2.52. The molecule has 1 aromatic heterocycles. The largest absolute Gasteiger partial charge is 0.452 e. The monoisotopic (exact) mass is 398 g/mol. The number of rotatable bonds is 3. The lowest BCUT2D eigenvalue weighted by molar-refractivity contribution is 0.244. The zero-order valence-electron chi connectivity index (χ0n) is 11.5. The van der Waals surface area contributed by atoms with Crippen LogP contribution in [0.5, 0.6) is 11.5 Å². The molecule has 0 fully saturated rings. The molecule has 2 heterocycles. The first-order chi connectivity index (χ1) is 11.0. The smallest absolute Gasteiger partial charge is 0.257 e. The van der Waals surface area contributed by atoms with Crippen LogP contribution in [0.25, 0.3) is 10.4 Å². The lowest BCUT2D eigenvalue weighted by Gasteiger charge is -2.36. The average Bonchev–Trinajstić information content (AvgIpc) is 2.50. The van der Waals surface area contributed by atoms with Crippen LogP contribution in [0.1, 0.15) is 17.5 Å². The van der Waals surface area contributed by atoms with E-state index in [0.29, 0.717) is 11.3 Å². The highest BCUT2D eigenvalue weighted by atomic mass is 79.9. The van der Waals surface area contributed by atoms with E-state index in [0.717, 1.165) is 4.47 Å². The lowest BCUT2D eigenvalue weighted by Crippen LogP contribution is -2.31. The van der Waals surface area contributed by atoms with Gasteiger partial charge in [-0.05, 0) is 36.2 Å². The number of fused-ring (bicyclic) bond motifs is 2. The number of ether oxygens (including phenoxy) is 1. The third kappa shape index (κ3) is 2.53. The molecule has 118 valence electrons. The number of azide groups is 1. The second kappa shape index (κ2) is 5.98.